The van der Waals surface area contributed by atoms with Crippen molar-refractivity contribution in [2.24, 2.45) is 5.10 Å². The highest BCUT2D eigenvalue weighted by molar-refractivity contribution is 5.89. The fraction of sp³-hybridized carbons (Fsp3) is 0. The molecule has 3 rings (SSSR count). The van der Waals surface area contributed by atoms with Crippen molar-refractivity contribution >= 4 is 22.9 Å². The minimum Gasteiger partial charge on any atom is -0.382 e. The summed E-state index contributed by atoms with van der Waals surface area (Å²) in [5, 5.41) is 9.45. The molecule has 18 heavy (non-hydrogen) atoms. The van der Waals surface area contributed by atoms with Gasteiger partial charge in [-0.25, -0.2) is 0 Å². The average Bonchev–Trinajstić information content (AvgIpc) is 2.75. The molecule has 3 aromatic rings. The number of rotatable bonds is 2. The largest absolute Gasteiger partial charge is 0.382 e. The zero-order valence-electron chi connectivity index (χ0n) is 9.69. The second-order valence-corrected chi connectivity index (χ2v) is 3.95. The van der Waals surface area contributed by atoms with E-state index in [9.17, 15) is 0 Å². The number of fused-ring (bicyclic) bond motifs is 1. The maximum atomic E-state index is 5.84. The van der Waals surface area contributed by atoms with Crippen LogP contribution in [0.4, 0.5) is 5.82 Å². The van der Waals surface area contributed by atoms with Gasteiger partial charge in [-0.2, -0.15) is 5.10 Å². The monoisotopic (exact) mass is 236 g/mol. The van der Waals surface area contributed by atoms with E-state index in [0.29, 0.717) is 5.82 Å². The van der Waals surface area contributed by atoms with Gasteiger partial charge in [-0.15, -0.1) is 9.89 Å². The number of nitrogens with two attached hydrogens (primary N) is 1. The minimum absolute atomic E-state index is 0.496. The number of aromatic nitrogens is 2. The lowest BCUT2D eigenvalue weighted by Crippen LogP contribution is -1.94. The van der Waals surface area contributed by atoms with Crippen LogP contribution >= 0.6 is 0 Å². The summed E-state index contributed by atoms with van der Waals surface area (Å²) in [7, 11) is 0. The summed E-state index contributed by atoms with van der Waals surface area (Å²) < 4.78 is 0. The molecular weight excluding hydrogens is 224 g/mol. The fourth-order valence-corrected chi connectivity index (χ4v) is 1.82. The van der Waals surface area contributed by atoms with Crippen molar-refractivity contribution in [1.82, 2.24) is 9.89 Å². The molecule has 0 aliphatic heterocycles. The quantitative estimate of drug-likeness (QED) is 0.695. The number of hydrogen-bond donors (Lipinski definition) is 1. The van der Waals surface area contributed by atoms with Crippen molar-refractivity contribution in [2.75, 3.05) is 5.73 Å². The number of anilines is 1. The summed E-state index contributed by atoms with van der Waals surface area (Å²) in [5.74, 6) is 0.496. The highest BCUT2D eigenvalue weighted by Gasteiger charge is 2.05. The van der Waals surface area contributed by atoms with Gasteiger partial charge in [0.25, 0.3) is 0 Å². The average molecular weight is 236 g/mol. The maximum absolute atomic E-state index is 5.84. The summed E-state index contributed by atoms with van der Waals surface area (Å²) in [6.07, 6.45) is 1.76. The van der Waals surface area contributed by atoms with E-state index in [1.807, 2.05) is 54.6 Å². The number of hydrogen-bond acceptors (Lipinski definition) is 3. The number of nitrogens with zero attached hydrogens (tertiary/aromatic N) is 3. The lowest BCUT2D eigenvalue weighted by Gasteiger charge is -1.94. The molecule has 0 amide bonds. The zero-order chi connectivity index (χ0) is 12.4. The van der Waals surface area contributed by atoms with Crippen LogP contribution in [-0.2, 0) is 0 Å². The molecule has 0 saturated carbocycles. The van der Waals surface area contributed by atoms with Gasteiger partial charge in [0.15, 0.2) is 5.82 Å². The lowest BCUT2D eigenvalue weighted by atomic mass is 10.2. The van der Waals surface area contributed by atoms with E-state index in [0.717, 1.165) is 16.5 Å². The maximum Gasteiger partial charge on any atom is 0.155 e. The molecule has 0 unspecified atom stereocenters. The molecule has 0 bridgehead atoms. The van der Waals surface area contributed by atoms with Gasteiger partial charge < -0.3 is 5.73 Å². The van der Waals surface area contributed by atoms with Crippen LogP contribution in [0.15, 0.2) is 59.7 Å². The van der Waals surface area contributed by atoms with E-state index < -0.39 is 0 Å². The molecule has 0 aliphatic carbocycles. The highest BCUT2D eigenvalue weighted by Crippen LogP contribution is 2.19. The molecule has 1 aromatic heterocycles. The molecule has 0 spiro atoms. The van der Waals surface area contributed by atoms with Crippen LogP contribution < -0.4 is 5.73 Å². The third kappa shape index (κ3) is 1.84. The summed E-state index contributed by atoms with van der Waals surface area (Å²) in [6.45, 7) is 0. The molecule has 4 nitrogen and oxygen atoms in total. The summed E-state index contributed by atoms with van der Waals surface area (Å²) in [5.41, 5.74) is 7.77. The Bertz CT molecular complexity index is 698. The van der Waals surface area contributed by atoms with E-state index >= 15 is 0 Å². The first-order valence-electron chi connectivity index (χ1n) is 5.67. The molecule has 0 radical (unpaired) electrons. The van der Waals surface area contributed by atoms with Crippen LogP contribution in [0.3, 0.4) is 0 Å². The molecule has 4 heteroatoms. The van der Waals surface area contributed by atoms with E-state index in [4.69, 9.17) is 5.73 Å². The van der Waals surface area contributed by atoms with Crippen LogP contribution in [0.25, 0.3) is 10.9 Å². The normalized spacial score (nSPS) is 11.3. The van der Waals surface area contributed by atoms with Gasteiger partial charge in [0.05, 0.1) is 11.7 Å². The standard InChI is InChI=1S/C14H12N4/c15-14-12-8-4-5-9-13(12)18(17-14)16-10-11-6-2-1-3-7-11/h1-10H,(H2,15,17)/b16-10+. The van der Waals surface area contributed by atoms with Gasteiger partial charge in [-0.05, 0) is 17.7 Å². The number of para-hydroxylation sites is 1. The van der Waals surface area contributed by atoms with Gasteiger partial charge in [0.2, 0.25) is 0 Å². The molecule has 88 valence electrons. The summed E-state index contributed by atoms with van der Waals surface area (Å²) >= 11 is 0. The predicted molar refractivity (Wildman–Crippen MR) is 73.6 cm³/mol. The van der Waals surface area contributed by atoms with Crippen molar-refractivity contribution in [2.45, 2.75) is 0 Å². The first-order chi connectivity index (χ1) is 8.84. The fourth-order valence-electron chi connectivity index (χ4n) is 1.82. The van der Waals surface area contributed by atoms with Crippen LogP contribution in [-0.4, -0.2) is 16.1 Å². The Balaban J connectivity index is 2.03. The Morgan fingerprint density at radius 1 is 1.00 bits per heavy atom. The Labute approximate surface area is 104 Å². The smallest absolute Gasteiger partial charge is 0.155 e. The molecular formula is C14H12N4. The van der Waals surface area contributed by atoms with Gasteiger partial charge in [-0.1, -0.05) is 42.5 Å². The van der Waals surface area contributed by atoms with Gasteiger partial charge >= 0.3 is 0 Å². The second kappa shape index (κ2) is 4.33. The van der Waals surface area contributed by atoms with Crippen LogP contribution in [0.5, 0.6) is 0 Å². The first-order valence-corrected chi connectivity index (χ1v) is 5.67. The molecule has 1 heterocycles. The third-order valence-corrected chi connectivity index (χ3v) is 2.71. The minimum atomic E-state index is 0.496. The molecule has 2 aromatic carbocycles. The molecule has 0 fully saturated rings. The second-order valence-electron chi connectivity index (χ2n) is 3.95. The van der Waals surface area contributed by atoms with E-state index in [1.54, 1.807) is 11.0 Å². The third-order valence-electron chi connectivity index (χ3n) is 2.71. The van der Waals surface area contributed by atoms with E-state index in [2.05, 4.69) is 10.2 Å². The van der Waals surface area contributed by atoms with Gasteiger partial charge in [-0.3, -0.25) is 0 Å². The van der Waals surface area contributed by atoms with Crippen molar-refractivity contribution in [1.29, 1.82) is 0 Å². The summed E-state index contributed by atoms with van der Waals surface area (Å²) in [6, 6.07) is 17.6. The van der Waals surface area contributed by atoms with Crippen molar-refractivity contribution < 1.29 is 0 Å². The highest BCUT2D eigenvalue weighted by atomic mass is 15.5. The van der Waals surface area contributed by atoms with E-state index in [-0.39, 0.29) is 0 Å². The number of benzene rings is 2. The molecule has 0 atom stereocenters. The van der Waals surface area contributed by atoms with Crippen molar-refractivity contribution in [3.05, 3.63) is 60.2 Å². The Hall–Kier alpha value is -2.62. The van der Waals surface area contributed by atoms with Crippen molar-refractivity contribution in [3.63, 3.8) is 0 Å². The molecule has 2 N–H and O–H groups in total. The molecule has 0 aliphatic rings. The topological polar surface area (TPSA) is 56.2 Å². The Morgan fingerprint density at radius 3 is 2.56 bits per heavy atom. The SMILES string of the molecule is Nc1nn(/N=C/c2ccccc2)c2ccccc12. The van der Waals surface area contributed by atoms with Gasteiger partial charge in [0.1, 0.15) is 0 Å². The van der Waals surface area contributed by atoms with Crippen LogP contribution in [0.2, 0.25) is 0 Å². The Kier molecular flexibility index (Phi) is 2.53. The Morgan fingerprint density at radius 2 is 1.72 bits per heavy atom. The zero-order valence-corrected chi connectivity index (χ0v) is 9.69. The predicted octanol–water partition coefficient (Wildman–Crippen LogP) is 2.50. The summed E-state index contributed by atoms with van der Waals surface area (Å²) in [4.78, 5) is 1.55. The van der Waals surface area contributed by atoms with Crippen LogP contribution in [0, 0.1) is 0 Å². The first kappa shape index (κ1) is 10.5. The molecule has 0 saturated heterocycles. The van der Waals surface area contributed by atoms with Crippen molar-refractivity contribution in [3.8, 4) is 0 Å². The lowest BCUT2D eigenvalue weighted by molar-refractivity contribution is 0.778. The van der Waals surface area contributed by atoms with Crippen LogP contribution in [0.1, 0.15) is 5.56 Å². The van der Waals surface area contributed by atoms with E-state index in [1.165, 1.54) is 0 Å². The number of nitrogen functional groups attached to an aromatic ring is 1. The van der Waals surface area contributed by atoms with Gasteiger partial charge in [0, 0.05) is 5.39 Å².